The molecule has 3 aliphatic rings. The number of rotatable bonds is 3. The highest BCUT2D eigenvalue weighted by molar-refractivity contribution is 5.68. The minimum Gasteiger partial charge on any atom is -0.462 e. The fourth-order valence-corrected chi connectivity index (χ4v) is 7.22. The van der Waals surface area contributed by atoms with Gasteiger partial charge in [0.15, 0.2) is 0 Å². The first-order valence-electron chi connectivity index (χ1n) is 11.9. The second-order valence-electron chi connectivity index (χ2n) is 11.1. The van der Waals surface area contributed by atoms with Crippen molar-refractivity contribution in [1.29, 1.82) is 0 Å². The summed E-state index contributed by atoms with van der Waals surface area (Å²) in [5.74, 6) is -2.55. The predicted molar refractivity (Wildman–Crippen MR) is 123 cm³/mol. The summed E-state index contributed by atoms with van der Waals surface area (Å²) in [6, 6.07) is 0. The number of fused-ring (bicyclic) bond motifs is 3. The summed E-state index contributed by atoms with van der Waals surface area (Å²) in [6.45, 7) is 15.9. The average Bonchev–Trinajstić information content (AvgIpc) is 2.61. The maximum atomic E-state index is 12.4. The fourth-order valence-electron chi connectivity index (χ4n) is 7.22. The van der Waals surface area contributed by atoms with E-state index in [1.165, 1.54) is 20.8 Å². The molecule has 0 aromatic carbocycles. The predicted octanol–water partition coefficient (Wildman–Crippen LogP) is 2.85. The van der Waals surface area contributed by atoms with Crippen LogP contribution in [0.1, 0.15) is 67.7 Å². The monoisotopic (exact) mass is 478 g/mol. The molecule has 2 fully saturated rings. The highest BCUT2D eigenvalue weighted by Gasteiger charge is 2.61. The number of ether oxygens (including phenoxy) is 3. The summed E-state index contributed by atoms with van der Waals surface area (Å²) in [4.78, 5) is 36.3. The summed E-state index contributed by atoms with van der Waals surface area (Å²) in [5, 5.41) is 22.4. The Bertz CT molecular complexity index is 918. The summed E-state index contributed by atoms with van der Waals surface area (Å²) in [7, 11) is 0. The second kappa shape index (κ2) is 9.11. The second-order valence-corrected chi connectivity index (χ2v) is 11.1. The molecule has 2 bridgehead atoms. The van der Waals surface area contributed by atoms with Gasteiger partial charge in [-0.3, -0.25) is 14.4 Å². The van der Waals surface area contributed by atoms with E-state index < -0.39 is 71.1 Å². The first kappa shape index (κ1) is 26.4. The number of carbonyl (C=O) groups excluding carboxylic acids is 3. The van der Waals surface area contributed by atoms with E-state index in [1.807, 2.05) is 27.7 Å². The van der Waals surface area contributed by atoms with Gasteiger partial charge in [-0.2, -0.15) is 0 Å². The van der Waals surface area contributed by atoms with Crippen LogP contribution in [0.15, 0.2) is 23.3 Å². The molecule has 0 aliphatic heterocycles. The van der Waals surface area contributed by atoms with Crippen LogP contribution in [0.25, 0.3) is 0 Å². The summed E-state index contributed by atoms with van der Waals surface area (Å²) in [5.41, 5.74) is 0.806. The van der Waals surface area contributed by atoms with Crippen LogP contribution < -0.4 is 0 Å². The molecule has 0 heterocycles. The number of hydrogen-bond donors (Lipinski definition) is 2. The number of hydrogen-bond acceptors (Lipinski definition) is 8. The lowest BCUT2D eigenvalue weighted by molar-refractivity contribution is -0.189. The fraction of sp³-hybridized carbons (Fsp3) is 0.731. The maximum absolute atomic E-state index is 12.4. The number of aliphatic hydroxyl groups excluding tert-OH is 2. The van der Waals surface area contributed by atoms with E-state index in [2.05, 4.69) is 6.58 Å². The van der Waals surface area contributed by atoms with Crippen LogP contribution in [0.5, 0.6) is 0 Å². The van der Waals surface area contributed by atoms with Gasteiger partial charge in [0.1, 0.15) is 18.3 Å². The van der Waals surface area contributed by atoms with Crippen molar-refractivity contribution in [2.45, 2.75) is 98.2 Å². The minimum absolute atomic E-state index is 0.209. The molecule has 34 heavy (non-hydrogen) atoms. The van der Waals surface area contributed by atoms with Crippen LogP contribution in [0.4, 0.5) is 0 Å². The van der Waals surface area contributed by atoms with Crippen molar-refractivity contribution in [1.82, 2.24) is 0 Å². The van der Waals surface area contributed by atoms with Crippen LogP contribution in [-0.2, 0) is 28.6 Å². The quantitative estimate of drug-likeness (QED) is 0.361. The van der Waals surface area contributed by atoms with E-state index in [0.29, 0.717) is 18.4 Å². The van der Waals surface area contributed by atoms with Gasteiger partial charge < -0.3 is 24.4 Å². The molecule has 2 saturated carbocycles. The SMILES string of the molecule is C=C1[C@@H](OC(C)=O)[C@@H](O)C[C@@]2(C)C[C@H](O)C3=C(C)C[C@H](OC(C)=O)[C@@H]([C@@H](OC(C)=O)[C@H]12)C3(C)C. The van der Waals surface area contributed by atoms with E-state index >= 15 is 0 Å². The van der Waals surface area contributed by atoms with Gasteiger partial charge in [0.2, 0.25) is 0 Å². The Kier molecular flexibility index (Phi) is 7.08. The summed E-state index contributed by atoms with van der Waals surface area (Å²) < 4.78 is 17.2. The Morgan fingerprint density at radius 3 is 2.03 bits per heavy atom. The molecule has 2 N–H and O–H groups in total. The lowest BCUT2D eigenvalue weighted by Crippen LogP contribution is -2.62. The van der Waals surface area contributed by atoms with E-state index in [-0.39, 0.29) is 6.42 Å². The van der Waals surface area contributed by atoms with Crippen molar-refractivity contribution in [3.05, 3.63) is 23.3 Å². The van der Waals surface area contributed by atoms with Crippen molar-refractivity contribution in [3.8, 4) is 0 Å². The van der Waals surface area contributed by atoms with Crippen LogP contribution in [0.3, 0.4) is 0 Å². The van der Waals surface area contributed by atoms with Crippen molar-refractivity contribution in [2.75, 3.05) is 0 Å². The van der Waals surface area contributed by atoms with Crippen molar-refractivity contribution < 1.29 is 38.8 Å². The van der Waals surface area contributed by atoms with E-state index in [4.69, 9.17) is 14.2 Å². The average molecular weight is 479 g/mol. The molecule has 0 saturated heterocycles. The van der Waals surface area contributed by atoms with E-state index in [9.17, 15) is 24.6 Å². The topological polar surface area (TPSA) is 119 Å². The zero-order valence-corrected chi connectivity index (χ0v) is 21.2. The Labute approximate surface area is 201 Å². The van der Waals surface area contributed by atoms with Crippen LogP contribution >= 0.6 is 0 Å². The first-order chi connectivity index (χ1) is 15.6. The smallest absolute Gasteiger partial charge is 0.303 e. The molecule has 190 valence electrons. The van der Waals surface area contributed by atoms with Crippen molar-refractivity contribution >= 4 is 17.9 Å². The minimum atomic E-state index is -1.02. The van der Waals surface area contributed by atoms with Gasteiger partial charge in [-0.15, -0.1) is 0 Å². The Morgan fingerprint density at radius 2 is 1.50 bits per heavy atom. The molecular weight excluding hydrogens is 440 g/mol. The molecule has 0 radical (unpaired) electrons. The third kappa shape index (κ3) is 4.54. The van der Waals surface area contributed by atoms with Gasteiger partial charge in [-0.25, -0.2) is 0 Å². The highest BCUT2D eigenvalue weighted by atomic mass is 16.6. The lowest BCUT2D eigenvalue weighted by Gasteiger charge is -2.59. The lowest BCUT2D eigenvalue weighted by atomic mass is 9.49. The van der Waals surface area contributed by atoms with Gasteiger partial charge in [0.25, 0.3) is 0 Å². The number of esters is 3. The Hall–Kier alpha value is -2.19. The molecule has 3 rings (SSSR count). The molecule has 8 nitrogen and oxygen atoms in total. The third-order valence-electron chi connectivity index (χ3n) is 8.02. The molecule has 0 spiro atoms. The van der Waals surface area contributed by atoms with Gasteiger partial charge in [0, 0.05) is 39.0 Å². The number of carbonyl (C=O) groups is 3. The van der Waals surface area contributed by atoms with Crippen LogP contribution in [0, 0.1) is 22.7 Å². The molecule has 3 aliphatic carbocycles. The van der Waals surface area contributed by atoms with Gasteiger partial charge in [0.05, 0.1) is 12.2 Å². The zero-order valence-electron chi connectivity index (χ0n) is 21.2. The molecule has 0 aromatic heterocycles. The van der Waals surface area contributed by atoms with Gasteiger partial charge >= 0.3 is 17.9 Å². The van der Waals surface area contributed by atoms with E-state index in [0.717, 1.165) is 11.1 Å². The van der Waals surface area contributed by atoms with Gasteiger partial charge in [-0.1, -0.05) is 32.9 Å². The Balaban J connectivity index is 2.26. The summed E-state index contributed by atoms with van der Waals surface area (Å²) >= 11 is 0. The van der Waals surface area contributed by atoms with Crippen LogP contribution in [0.2, 0.25) is 0 Å². The molecule has 0 unspecified atom stereocenters. The van der Waals surface area contributed by atoms with Crippen molar-refractivity contribution in [2.24, 2.45) is 22.7 Å². The largest absolute Gasteiger partial charge is 0.462 e. The summed E-state index contributed by atoms with van der Waals surface area (Å²) in [6.07, 6.45) is -3.26. The third-order valence-corrected chi connectivity index (χ3v) is 8.02. The van der Waals surface area contributed by atoms with Crippen molar-refractivity contribution in [3.63, 3.8) is 0 Å². The normalized spacial score (nSPS) is 39.3. The maximum Gasteiger partial charge on any atom is 0.303 e. The molecular formula is C26H38O8. The molecule has 8 atom stereocenters. The van der Waals surface area contributed by atoms with E-state index in [1.54, 1.807) is 0 Å². The standard InChI is InChI=1S/C26H38O8/c1-12-9-19(32-14(3)27)22-24(34-16(5)29)21-13(2)23(33-15(4)28)18(31)11-26(21,8)10-17(30)20(12)25(22,6)7/h17-19,21-24,30-31H,2,9-11H2,1,3-8H3/t17-,18-,19-,21-,22-,23+,24-,26+/m0/s1. The first-order valence-corrected chi connectivity index (χ1v) is 11.9. The molecule has 0 aromatic rings. The van der Waals surface area contributed by atoms with Crippen LogP contribution in [-0.4, -0.2) is 58.6 Å². The molecule has 0 amide bonds. The highest BCUT2D eigenvalue weighted by Crippen LogP contribution is 2.60. The molecule has 8 heteroatoms. The zero-order chi connectivity index (χ0) is 25.7. The van der Waals surface area contributed by atoms with Gasteiger partial charge in [-0.05, 0) is 41.7 Å². The number of aliphatic hydroxyl groups is 2. The Morgan fingerprint density at radius 1 is 0.941 bits per heavy atom.